The summed E-state index contributed by atoms with van der Waals surface area (Å²) >= 11 is 6.03. The second kappa shape index (κ2) is 6.45. The molecule has 1 saturated heterocycles. The standard InChI is InChI=1S/C13H16ClN5O3/c1-2-22-9(20)7-19-8-15-10-11(16-13(14)17-12(10)19)18-3-5-21-6-4-18/h8H,2-7H2,1H3. The zero-order valence-electron chi connectivity index (χ0n) is 12.2. The summed E-state index contributed by atoms with van der Waals surface area (Å²) in [5.74, 6) is 0.324. The third kappa shape index (κ3) is 2.97. The van der Waals surface area contributed by atoms with E-state index in [0.29, 0.717) is 49.9 Å². The minimum absolute atomic E-state index is 0.0419. The van der Waals surface area contributed by atoms with Crippen molar-refractivity contribution in [3.8, 4) is 0 Å². The summed E-state index contributed by atoms with van der Waals surface area (Å²) in [6.45, 7) is 4.83. The molecule has 1 aliphatic heterocycles. The lowest BCUT2D eigenvalue weighted by molar-refractivity contribution is -0.143. The number of hydrogen-bond donors (Lipinski definition) is 0. The van der Waals surface area contributed by atoms with Gasteiger partial charge in [-0.05, 0) is 18.5 Å². The van der Waals surface area contributed by atoms with Crippen LogP contribution in [0.5, 0.6) is 0 Å². The number of fused-ring (bicyclic) bond motifs is 1. The van der Waals surface area contributed by atoms with Gasteiger partial charge >= 0.3 is 5.97 Å². The van der Waals surface area contributed by atoms with Crippen molar-refractivity contribution in [1.82, 2.24) is 19.5 Å². The van der Waals surface area contributed by atoms with Gasteiger partial charge in [0.15, 0.2) is 17.0 Å². The van der Waals surface area contributed by atoms with Crippen molar-refractivity contribution in [2.75, 3.05) is 37.8 Å². The van der Waals surface area contributed by atoms with Gasteiger partial charge < -0.3 is 18.9 Å². The fraction of sp³-hybridized carbons (Fsp3) is 0.538. The van der Waals surface area contributed by atoms with Crippen LogP contribution in [0.25, 0.3) is 11.2 Å². The van der Waals surface area contributed by atoms with E-state index in [-0.39, 0.29) is 17.8 Å². The van der Waals surface area contributed by atoms with Gasteiger partial charge in [0.2, 0.25) is 5.28 Å². The van der Waals surface area contributed by atoms with E-state index in [1.54, 1.807) is 17.8 Å². The zero-order chi connectivity index (χ0) is 15.5. The van der Waals surface area contributed by atoms with Gasteiger partial charge in [-0.1, -0.05) is 0 Å². The summed E-state index contributed by atoms with van der Waals surface area (Å²) in [5, 5.41) is 0.125. The fourth-order valence-electron chi connectivity index (χ4n) is 2.36. The third-order valence-corrected chi connectivity index (χ3v) is 3.50. The molecule has 3 rings (SSSR count). The van der Waals surface area contributed by atoms with Crippen LogP contribution in [0.2, 0.25) is 5.28 Å². The molecular weight excluding hydrogens is 310 g/mol. The number of morpholine rings is 1. The number of carbonyl (C=O) groups excluding carboxylic acids is 1. The lowest BCUT2D eigenvalue weighted by Crippen LogP contribution is -2.37. The maximum absolute atomic E-state index is 11.7. The quantitative estimate of drug-likeness (QED) is 0.609. The number of ether oxygens (including phenoxy) is 2. The lowest BCUT2D eigenvalue weighted by Gasteiger charge is -2.27. The van der Waals surface area contributed by atoms with Gasteiger partial charge in [-0.15, -0.1) is 0 Å². The molecule has 0 atom stereocenters. The molecule has 0 N–H and O–H groups in total. The van der Waals surface area contributed by atoms with Gasteiger partial charge in [-0.2, -0.15) is 9.97 Å². The molecule has 0 unspecified atom stereocenters. The molecule has 3 heterocycles. The highest BCUT2D eigenvalue weighted by atomic mass is 35.5. The van der Waals surface area contributed by atoms with Gasteiger partial charge in [0, 0.05) is 13.1 Å². The first-order chi connectivity index (χ1) is 10.7. The molecule has 2 aromatic rings. The van der Waals surface area contributed by atoms with Gasteiger partial charge in [0.1, 0.15) is 6.54 Å². The van der Waals surface area contributed by atoms with Crippen LogP contribution in [0.4, 0.5) is 5.82 Å². The van der Waals surface area contributed by atoms with Crippen LogP contribution in [-0.4, -0.2) is 58.4 Å². The maximum atomic E-state index is 11.7. The Morgan fingerprint density at radius 2 is 2.18 bits per heavy atom. The molecule has 0 radical (unpaired) electrons. The largest absolute Gasteiger partial charge is 0.465 e. The third-order valence-electron chi connectivity index (χ3n) is 3.33. The van der Waals surface area contributed by atoms with Gasteiger partial charge in [-0.3, -0.25) is 4.79 Å². The number of nitrogens with zero attached hydrogens (tertiary/aromatic N) is 5. The lowest BCUT2D eigenvalue weighted by atomic mass is 10.3. The van der Waals surface area contributed by atoms with E-state index in [1.807, 2.05) is 0 Å². The maximum Gasteiger partial charge on any atom is 0.326 e. The first-order valence-corrected chi connectivity index (χ1v) is 7.43. The van der Waals surface area contributed by atoms with Crippen LogP contribution < -0.4 is 4.90 Å². The van der Waals surface area contributed by atoms with E-state index in [2.05, 4.69) is 19.9 Å². The molecule has 22 heavy (non-hydrogen) atoms. The number of anilines is 1. The first-order valence-electron chi connectivity index (χ1n) is 7.05. The highest BCUT2D eigenvalue weighted by molar-refractivity contribution is 6.28. The molecule has 8 nitrogen and oxygen atoms in total. The van der Waals surface area contributed by atoms with Gasteiger partial charge in [0.05, 0.1) is 26.1 Å². The number of aromatic nitrogens is 4. The summed E-state index contributed by atoms with van der Waals surface area (Å²) < 4.78 is 11.9. The number of esters is 1. The molecule has 0 aromatic carbocycles. The Bertz CT molecular complexity index is 684. The van der Waals surface area contributed by atoms with Crippen molar-refractivity contribution in [3.05, 3.63) is 11.6 Å². The number of imidazole rings is 1. The Kier molecular flexibility index (Phi) is 4.39. The van der Waals surface area contributed by atoms with Crippen LogP contribution in [0.3, 0.4) is 0 Å². The van der Waals surface area contributed by atoms with Crippen molar-refractivity contribution >= 4 is 34.6 Å². The Morgan fingerprint density at radius 3 is 2.91 bits per heavy atom. The Balaban J connectivity index is 1.97. The van der Waals surface area contributed by atoms with Crippen LogP contribution in [-0.2, 0) is 20.8 Å². The summed E-state index contributed by atoms with van der Waals surface area (Å²) in [7, 11) is 0. The molecule has 1 fully saturated rings. The Labute approximate surface area is 132 Å². The van der Waals surface area contributed by atoms with Crippen LogP contribution in [0.15, 0.2) is 6.33 Å². The van der Waals surface area contributed by atoms with Crippen LogP contribution in [0.1, 0.15) is 6.92 Å². The van der Waals surface area contributed by atoms with E-state index in [9.17, 15) is 4.79 Å². The van der Waals surface area contributed by atoms with E-state index < -0.39 is 0 Å². The van der Waals surface area contributed by atoms with Crippen LogP contribution in [0, 0.1) is 0 Å². The van der Waals surface area contributed by atoms with E-state index in [0.717, 1.165) is 0 Å². The van der Waals surface area contributed by atoms with Crippen molar-refractivity contribution in [3.63, 3.8) is 0 Å². The molecule has 0 aliphatic carbocycles. The van der Waals surface area contributed by atoms with E-state index in [1.165, 1.54) is 0 Å². The SMILES string of the molecule is CCOC(=O)Cn1cnc2c(N3CCOCC3)nc(Cl)nc21. The Hall–Kier alpha value is -1.93. The number of rotatable bonds is 4. The molecule has 0 saturated carbocycles. The second-order valence-electron chi connectivity index (χ2n) is 4.77. The second-order valence-corrected chi connectivity index (χ2v) is 5.10. The van der Waals surface area contributed by atoms with Crippen molar-refractivity contribution < 1.29 is 14.3 Å². The van der Waals surface area contributed by atoms with Gasteiger partial charge in [0.25, 0.3) is 0 Å². The average molecular weight is 326 g/mol. The normalized spacial score (nSPS) is 15.3. The summed E-state index contributed by atoms with van der Waals surface area (Å²) in [5.41, 5.74) is 1.14. The first kappa shape index (κ1) is 15.0. The van der Waals surface area contributed by atoms with E-state index >= 15 is 0 Å². The zero-order valence-corrected chi connectivity index (χ0v) is 12.9. The number of halogens is 1. The highest BCUT2D eigenvalue weighted by Gasteiger charge is 2.20. The molecule has 0 spiro atoms. The monoisotopic (exact) mass is 325 g/mol. The fourth-order valence-corrected chi connectivity index (χ4v) is 2.52. The molecule has 1 aliphatic rings. The van der Waals surface area contributed by atoms with Crippen molar-refractivity contribution in [2.24, 2.45) is 0 Å². The minimum Gasteiger partial charge on any atom is -0.465 e. The Morgan fingerprint density at radius 1 is 1.41 bits per heavy atom. The van der Waals surface area contributed by atoms with Crippen molar-refractivity contribution in [1.29, 1.82) is 0 Å². The van der Waals surface area contributed by atoms with Crippen molar-refractivity contribution in [2.45, 2.75) is 13.5 Å². The highest BCUT2D eigenvalue weighted by Crippen LogP contribution is 2.25. The van der Waals surface area contributed by atoms with E-state index in [4.69, 9.17) is 21.1 Å². The topological polar surface area (TPSA) is 82.4 Å². The van der Waals surface area contributed by atoms with Gasteiger partial charge in [-0.25, -0.2) is 4.98 Å². The predicted molar refractivity (Wildman–Crippen MR) is 80.0 cm³/mol. The number of hydrogen-bond acceptors (Lipinski definition) is 7. The molecule has 9 heteroatoms. The molecule has 2 aromatic heterocycles. The smallest absolute Gasteiger partial charge is 0.326 e. The molecule has 0 bridgehead atoms. The minimum atomic E-state index is -0.343. The predicted octanol–water partition coefficient (Wildman–Crippen LogP) is 0.879. The summed E-state index contributed by atoms with van der Waals surface area (Å²) in [6, 6.07) is 0. The van der Waals surface area contributed by atoms with Crippen LogP contribution >= 0.6 is 11.6 Å². The summed E-state index contributed by atoms with van der Waals surface area (Å²) in [6.07, 6.45) is 1.55. The molecule has 118 valence electrons. The number of carbonyl (C=O) groups is 1. The molecule has 0 amide bonds. The summed E-state index contributed by atoms with van der Waals surface area (Å²) in [4.78, 5) is 26.5. The average Bonchev–Trinajstić information content (AvgIpc) is 2.90. The molecular formula is C13H16ClN5O3.